The molecule has 2 amide bonds. The average Bonchev–Trinajstić information content (AvgIpc) is 2.93. The van der Waals surface area contributed by atoms with E-state index in [0.29, 0.717) is 6.54 Å². The normalized spacial score (nSPS) is 17.4. The molecule has 1 atom stereocenters. The molecule has 0 spiro atoms. The maximum absolute atomic E-state index is 12.6. The molecule has 1 aromatic rings. The number of rotatable bonds is 6. The maximum Gasteiger partial charge on any atom is 0.323 e. The van der Waals surface area contributed by atoms with Gasteiger partial charge < -0.3 is 14.9 Å². The monoisotopic (exact) mass is 350 g/mol. The third kappa shape index (κ3) is 4.08. The third-order valence-corrected chi connectivity index (χ3v) is 4.78. The van der Waals surface area contributed by atoms with Crippen molar-refractivity contribution < 1.29 is 19.5 Å². The van der Waals surface area contributed by atoms with Crippen LogP contribution in [0.25, 0.3) is 0 Å². The Morgan fingerprint density at radius 3 is 2.71 bits per heavy atom. The van der Waals surface area contributed by atoms with Crippen molar-refractivity contribution in [2.75, 3.05) is 24.2 Å². The van der Waals surface area contributed by atoms with Crippen molar-refractivity contribution >= 4 is 35.2 Å². The number of carbonyl (C=O) groups excluding carboxylic acids is 2. The van der Waals surface area contributed by atoms with Crippen LogP contribution in [0.4, 0.5) is 5.69 Å². The van der Waals surface area contributed by atoms with Gasteiger partial charge in [-0.3, -0.25) is 14.4 Å². The van der Waals surface area contributed by atoms with Crippen LogP contribution < -0.4 is 4.90 Å². The van der Waals surface area contributed by atoms with E-state index in [4.69, 9.17) is 5.11 Å². The Balaban J connectivity index is 2.15. The van der Waals surface area contributed by atoms with E-state index in [-0.39, 0.29) is 30.8 Å². The van der Waals surface area contributed by atoms with Gasteiger partial charge in [-0.05, 0) is 38.3 Å². The number of thioether (sulfide) groups is 1. The quantitative estimate of drug-likeness (QED) is 0.795. The highest BCUT2D eigenvalue weighted by molar-refractivity contribution is 7.98. The van der Waals surface area contributed by atoms with E-state index in [1.54, 1.807) is 30.5 Å². The molecule has 0 radical (unpaired) electrons. The van der Waals surface area contributed by atoms with E-state index in [1.165, 1.54) is 4.90 Å². The van der Waals surface area contributed by atoms with Crippen molar-refractivity contribution in [3.05, 3.63) is 24.3 Å². The molecule has 6 nitrogen and oxygen atoms in total. The van der Waals surface area contributed by atoms with Crippen LogP contribution in [0.2, 0.25) is 0 Å². The van der Waals surface area contributed by atoms with Gasteiger partial charge in [0.25, 0.3) is 0 Å². The lowest BCUT2D eigenvalue weighted by molar-refractivity contribution is -0.147. The predicted molar refractivity (Wildman–Crippen MR) is 93.2 cm³/mol. The van der Waals surface area contributed by atoms with Crippen LogP contribution in [0.1, 0.15) is 20.3 Å². The summed E-state index contributed by atoms with van der Waals surface area (Å²) in [7, 11) is 0. The largest absolute Gasteiger partial charge is 0.480 e. The summed E-state index contributed by atoms with van der Waals surface area (Å²) >= 11 is 1.59. The first-order valence-electron chi connectivity index (χ1n) is 7.80. The molecule has 130 valence electrons. The van der Waals surface area contributed by atoms with Gasteiger partial charge in [0.2, 0.25) is 11.8 Å². The van der Waals surface area contributed by atoms with Gasteiger partial charge >= 0.3 is 5.97 Å². The van der Waals surface area contributed by atoms with Gasteiger partial charge in [0.15, 0.2) is 0 Å². The number of hydrogen-bond acceptors (Lipinski definition) is 4. The number of carbonyl (C=O) groups is 3. The molecule has 1 unspecified atom stereocenters. The summed E-state index contributed by atoms with van der Waals surface area (Å²) in [5.41, 5.74) is 0.775. The molecule has 7 heteroatoms. The Morgan fingerprint density at radius 2 is 2.12 bits per heavy atom. The van der Waals surface area contributed by atoms with Gasteiger partial charge in [0.1, 0.15) is 6.54 Å². The van der Waals surface area contributed by atoms with Crippen molar-refractivity contribution in [2.24, 2.45) is 5.92 Å². The molecule has 1 aliphatic heterocycles. The summed E-state index contributed by atoms with van der Waals surface area (Å²) in [6, 6.07) is 7.39. The zero-order valence-corrected chi connectivity index (χ0v) is 14.9. The molecule has 1 fully saturated rings. The van der Waals surface area contributed by atoms with Gasteiger partial charge in [0, 0.05) is 29.6 Å². The molecule has 0 bridgehead atoms. The highest BCUT2D eigenvalue weighted by Gasteiger charge is 2.38. The number of anilines is 1. The van der Waals surface area contributed by atoms with Gasteiger partial charge in [-0.2, -0.15) is 0 Å². The average molecular weight is 350 g/mol. The second kappa shape index (κ2) is 7.70. The number of nitrogens with zero attached hydrogens (tertiary/aromatic N) is 2. The van der Waals surface area contributed by atoms with E-state index >= 15 is 0 Å². The molecule has 1 aliphatic rings. The first kappa shape index (κ1) is 18.3. The molecule has 0 aromatic heterocycles. The van der Waals surface area contributed by atoms with Crippen molar-refractivity contribution in [1.82, 2.24) is 4.90 Å². The van der Waals surface area contributed by atoms with Gasteiger partial charge in [-0.1, -0.05) is 6.07 Å². The molecule has 2 rings (SSSR count). The van der Waals surface area contributed by atoms with E-state index in [2.05, 4.69) is 0 Å². The molecule has 0 aliphatic carbocycles. The summed E-state index contributed by atoms with van der Waals surface area (Å²) in [6.45, 7) is 3.50. The van der Waals surface area contributed by atoms with E-state index in [0.717, 1.165) is 10.6 Å². The molecule has 1 N–H and O–H groups in total. The Hall–Kier alpha value is -2.02. The molecular formula is C17H22N2O4S. The lowest BCUT2D eigenvalue weighted by atomic mass is 10.1. The van der Waals surface area contributed by atoms with Crippen LogP contribution in [0.15, 0.2) is 29.2 Å². The number of aliphatic carboxylic acids is 1. The highest BCUT2D eigenvalue weighted by atomic mass is 32.2. The minimum Gasteiger partial charge on any atom is -0.480 e. The van der Waals surface area contributed by atoms with Crippen LogP contribution in [-0.2, 0) is 14.4 Å². The molecule has 1 heterocycles. The van der Waals surface area contributed by atoms with Crippen molar-refractivity contribution in [2.45, 2.75) is 31.2 Å². The second-order valence-corrected chi connectivity index (χ2v) is 6.94. The Kier molecular flexibility index (Phi) is 5.88. The van der Waals surface area contributed by atoms with Crippen LogP contribution in [0, 0.1) is 5.92 Å². The first-order chi connectivity index (χ1) is 11.3. The summed E-state index contributed by atoms with van der Waals surface area (Å²) in [4.78, 5) is 39.9. The van der Waals surface area contributed by atoms with Crippen LogP contribution in [0.5, 0.6) is 0 Å². The van der Waals surface area contributed by atoms with Crippen LogP contribution >= 0.6 is 11.8 Å². The Morgan fingerprint density at radius 1 is 1.42 bits per heavy atom. The molecule has 0 saturated carbocycles. The lowest BCUT2D eigenvalue weighted by Crippen LogP contribution is -2.44. The zero-order valence-electron chi connectivity index (χ0n) is 14.1. The van der Waals surface area contributed by atoms with Gasteiger partial charge in [0.05, 0.1) is 5.92 Å². The van der Waals surface area contributed by atoms with E-state index in [9.17, 15) is 14.4 Å². The summed E-state index contributed by atoms with van der Waals surface area (Å²) in [5.74, 6) is -1.93. The molecule has 1 saturated heterocycles. The molecule has 24 heavy (non-hydrogen) atoms. The van der Waals surface area contributed by atoms with Crippen molar-refractivity contribution in [1.29, 1.82) is 0 Å². The first-order valence-corrected chi connectivity index (χ1v) is 9.02. The number of benzene rings is 1. The second-order valence-electron chi connectivity index (χ2n) is 6.06. The van der Waals surface area contributed by atoms with Crippen LogP contribution in [0.3, 0.4) is 0 Å². The fourth-order valence-corrected chi connectivity index (χ4v) is 3.25. The topological polar surface area (TPSA) is 77.9 Å². The minimum absolute atomic E-state index is 0.106. The van der Waals surface area contributed by atoms with E-state index in [1.807, 2.05) is 30.5 Å². The van der Waals surface area contributed by atoms with Crippen molar-refractivity contribution in [3.63, 3.8) is 0 Å². The Labute approximate surface area is 145 Å². The lowest BCUT2D eigenvalue weighted by Gasteiger charge is -2.27. The third-order valence-electron chi connectivity index (χ3n) is 4.05. The summed E-state index contributed by atoms with van der Waals surface area (Å²) in [5, 5.41) is 8.99. The fourth-order valence-electron chi connectivity index (χ4n) is 2.80. The van der Waals surface area contributed by atoms with E-state index < -0.39 is 11.9 Å². The minimum atomic E-state index is -1.05. The number of amides is 2. The van der Waals surface area contributed by atoms with Crippen molar-refractivity contribution in [3.8, 4) is 0 Å². The predicted octanol–water partition coefficient (Wildman–Crippen LogP) is 2.08. The van der Waals surface area contributed by atoms with Crippen LogP contribution in [-0.4, -0.2) is 53.2 Å². The zero-order chi connectivity index (χ0) is 17.9. The fraction of sp³-hybridized carbons (Fsp3) is 0.471. The summed E-state index contributed by atoms with van der Waals surface area (Å²) < 4.78 is 0. The molecular weight excluding hydrogens is 328 g/mol. The maximum atomic E-state index is 12.6. The number of hydrogen-bond donors (Lipinski definition) is 1. The number of carboxylic acid groups (broad SMARTS) is 1. The summed E-state index contributed by atoms with van der Waals surface area (Å²) in [6.07, 6.45) is 2.08. The highest BCUT2D eigenvalue weighted by Crippen LogP contribution is 2.29. The molecule has 1 aromatic carbocycles. The number of carboxylic acids is 1. The standard InChI is InChI=1S/C17H22N2O4S/c1-11(2)18(10-16(21)22)17(23)12-7-15(20)19(9-12)13-5-4-6-14(8-13)24-3/h4-6,8,11-12H,7,9-10H2,1-3H3,(H,21,22). The Bertz CT molecular complexity index is 647. The SMILES string of the molecule is CSc1cccc(N2CC(C(=O)N(CC(=O)O)C(C)C)CC2=O)c1. The van der Waals surface area contributed by atoms with Gasteiger partial charge in [-0.15, -0.1) is 11.8 Å². The van der Waals surface area contributed by atoms with Gasteiger partial charge in [-0.25, -0.2) is 0 Å². The smallest absolute Gasteiger partial charge is 0.323 e.